The zero-order valence-corrected chi connectivity index (χ0v) is 19.0. The van der Waals surface area contributed by atoms with Gasteiger partial charge in [-0.1, -0.05) is 36.5 Å². The fourth-order valence-electron chi connectivity index (χ4n) is 4.14. The number of carbonyl (C=O) groups excluding carboxylic acids is 1. The van der Waals surface area contributed by atoms with Gasteiger partial charge in [0.15, 0.2) is 5.13 Å². The highest BCUT2D eigenvalue weighted by atomic mass is 32.1. The Morgan fingerprint density at radius 1 is 1.22 bits per heavy atom. The van der Waals surface area contributed by atoms with Crippen molar-refractivity contribution in [1.29, 1.82) is 0 Å². The van der Waals surface area contributed by atoms with Crippen LogP contribution in [0.4, 0.5) is 16.6 Å². The number of rotatable bonds is 8. The molecule has 0 radical (unpaired) electrons. The smallest absolute Gasteiger partial charge is 0.206 e. The summed E-state index contributed by atoms with van der Waals surface area (Å²) < 4.78 is 6.10. The lowest BCUT2D eigenvalue weighted by Crippen LogP contribution is -2.24. The van der Waals surface area contributed by atoms with E-state index in [1.54, 1.807) is 0 Å². The number of nitrogens with zero attached hydrogens (tertiary/aromatic N) is 2. The minimum absolute atomic E-state index is 0.0722. The van der Waals surface area contributed by atoms with Gasteiger partial charge in [0.25, 0.3) is 0 Å². The monoisotopic (exact) mass is 448 g/mol. The summed E-state index contributed by atoms with van der Waals surface area (Å²) in [5.41, 5.74) is 8.88. The van der Waals surface area contributed by atoms with Crippen molar-refractivity contribution >= 4 is 33.8 Å². The summed E-state index contributed by atoms with van der Waals surface area (Å²) in [6, 6.07) is 15.7. The number of nitrogens with two attached hydrogens (primary N) is 1. The third-order valence-corrected chi connectivity index (χ3v) is 7.13. The predicted octanol–water partition coefficient (Wildman–Crippen LogP) is 5.05. The number of hydrogen-bond acceptors (Lipinski definition) is 7. The summed E-state index contributed by atoms with van der Waals surface area (Å²) >= 11 is 1.29. The molecular formula is C25H28N4O2S. The molecule has 166 valence electrons. The summed E-state index contributed by atoms with van der Waals surface area (Å²) in [5, 5.41) is 3.86. The number of ketones is 1. The molecule has 32 heavy (non-hydrogen) atoms. The first kappa shape index (κ1) is 21.0. The Morgan fingerprint density at radius 3 is 2.75 bits per heavy atom. The predicted molar refractivity (Wildman–Crippen MR) is 129 cm³/mol. The Balaban J connectivity index is 1.24. The van der Waals surface area contributed by atoms with Crippen LogP contribution in [0.5, 0.6) is 5.75 Å². The summed E-state index contributed by atoms with van der Waals surface area (Å²) in [6.45, 7) is 5.32. The van der Waals surface area contributed by atoms with Crippen LogP contribution in [0.1, 0.15) is 52.9 Å². The van der Waals surface area contributed by atoms with Crippen LogP contribution in [0.3, 0.4) is 0 Å². The van der Waals surface area contributed by atoms with E-state index < -0.39 is 0 Å². The normalized spacial score (nSPS) is 18.6. The van der Waals surface area contributed by atoms with Crippen LogP contribution in [0, 0.1) is 0 Å². The number of anilines is 3. The molecule has 3 N–H and O–H groups in total. The topological polar surface area (TPSA) is 80.5 Å². The molecule has 1 aliphatic heterocycles. The zero-order chi connectivity index (χ0) is 22.1. The van der Waals surface area contributed by atoms with Crippen LogP contribution in [-0.4, -0.2) is 41.4 Å². The second kappa shape index (κ2) is 8.92. The van der Waals surface area contributed by atoms with E-state index in [1.807, 2.05) is 42.5 Å². The number of hydrogen-bond donors (Lipinski definition) is 2. The summed E-state index contributed by atoms with van der Waals surface area (Å²) in [5.74, 6) is 1.66. The van der Waals surface area contributed by atoms with Crippen LogP contribution >= 0.6 is 11.3 Å². The van der Waals surface area contributed by atoms with Gasteiger partial charge in [0, 0.05) is 24.3 Å². The first-order valence-electron chi connectivity index (χ1n) is 11.3. The molecule has 0 bridgehead atoms. The second-order valence-electron chi connectivity index (χ2n) is 8.53. The Morgan fingerprint density at radius 2 is 2.03 bits per heavy atom. The molecule has 1 atom stereocenters. The maximum atomic E-state index is 13.0. The fraction of sp³-hybridized carbons (Fsp3) is 0.360. The number of aromatic nitrogens is 1. The first-order chi connectivity index (χ1) is 15.6. The molecule has 2 aliphatic rings. The van der Waals surface area contributed by atoms with E-state index in [-0.39, 0.29) is 17.7 Å². The van der Waals surface area contributed by atoms with Crippen LogP contribution in [0.15, 0.2) is 48.5 Å². The van der Waals surface area contributed by atoms with E-state index in [0.717, 1.165) is 37.5 Å². The van der Waals surface area contributed by atoms with Crippen LogP contribution < -0.4 is 15.8 Å². The van der Waals surface area contributed by atoms with Crippen molar-refractivity contribution in [2.24, 2.45) is 0 Å². The van der Waals surface area contributed by atoms with E-state index in [2.05, 4.69) is 28.2 Å². The molecule has 1 aliphatic carbocycles. The van der Waals surface area contributed by atoms with Gasteiger partial charge in [-0.05, 0) is 67.6 Å². The number of benzene rings is 2. The van der Waals surface area contributed by atoms with Gasteiger partial charge in [0.05, 0.1) is 0 Å². The minimum atomic E-state index is -0.0722. The highest BCUT2D eigenvalue weighted by Gasteiger charge is 2.25. The molecule has 7 heteroatoms. The zero-order valence-electron chi connectivity index (χ0n) is 18.2. The van der Waals surface area contributed by atoms with Crippen molar-refractivity contribution in [3.05, 3.63) is 64.5 Å². The van der Waals surface area contributed by atoms with Crippen molar-refractivity contribution in [2.45, 2.75) is 38.2 Å². The highest BCUT2D eigenvalue weighted by Crippen LogP contribution is 2.40. The van der Waals surface area contributed by atoms with Crippen molar-refractivity contribution in [3.63, 3.8) is 0 Å². The van der Waals surface area contributed by atoms with Gasteiger partial charge in [-0.15, -0.1) is 0 Å². The number of ether oxygens (including phenoxy) is 1. The van der Waals surface area contributed by atoms with Crippen LogP contribution in [0.25, 0.3) is 0 Å². The number of nitrogen functional groups attached to an aromatic ring is 1. The first-order valence-corrected chi connectivity index (χ1v) is 12.1. The Labute approximate surface area is 192 Å². The Bertz CT molecular complexity index is 1110. The van der Waals surface area contributed by atoms with E-state index in [0.29, 0.717) is 21.5 Å². The summed E-state index contributed by atoms with van der Waals surface area (Å²) in [6.07, 6.45) is 3.72. The molecular weight excluding hydrogens is 420 g/mol. The average Bonchev–Trinajstić information content (AvgIpc) is 3.47. The average molecular weight is 449 g/mol. The third kappa shape index (κ3) is 4.64. The molecule has 2 heterocycles. The van der Waals surface area contributed by atoms with Crippen LogP contribution in [-0.2, 0) is 0 Å². The number of nitrogens with one attached hydrogen (secondary N) is 1. The number of likely N-dealkylation sites (tertiary alicyclic amines) is 1. The summed E-state index contributed by atoms with van der Waals surface area (Å²) in [7, 11) is 0. The lowest BCUT2D eigenvalue weighted by Gasteiger charge is -2.15. The molecule has 1 unspecified atom stereocenters. The van der Waals surface area contributed by atoms with Gasteiger partial charge < -0.3 is 15.8 Å². The van der Waals surface area contributed by atoms with Gasteiger partial charge in [-0.3, -0.25) is 9.69 Å². The van der Waals surface area contributed by atoms with Gasteiger partial charge in [0.2, 0.25) is 5.78 Å². The number of carbonyl (C=O) groups is 1. The highest BCUT2D eigenvalue weighted by molar-refractivity contribution is 7.18. The molecule has 2 aromatic carbocycles. The van der Waals surface area contributed by atoms with Gasteiger partial charge >= 0.3 is 0 Å². The standard InChI is InChI=1S/C25H28N4O2S/c1-2-29-13-12-21(15-29)31-20-10-8-19(9-11-20)27-25-28-24(26)23(32-25)22(30)18-5-3-4-17(14-18)16-6-7-16/h3-5,8-11,14,16,21H,2,6-7,12-13,15,26H2,1H3,(H,27,28). The molecule has 3 aromatic rings. The van der Waals surface area contributed by atoms with Gasteiger partial charge in [0.1, 0.15) is 22.5 Å². The molecule has 1 saturated heterocycles. The molecule has 6 nitrogen and oxygen atoms in total. The van der Waals surface area contributed by atoms with E-state index >= 15 is 0 Å². The molecule has 1 saturated carbocycles. The number of likely N-dealkylation sites (N-methyl/N-ethyl adjacent to an activating group) is 1. The van der Waals surface area contributed by atoms with Gasteiger partial charge in [-0.25, -0.2) is 4.98 Å². The molecule has 0 amide bonds. The number of thiazole rings is 1. The molecule has 0 spiro atoms. The molecule has 5 rings (SSSR count). The van der Waals surface area contributed by atoms with Crippen molar-refractivity contribution in [2.75, 3.05) is 30.7 Å². The van der Waals surface area contributed by atoms with Crippen LogP contribution in [0.2, 0.25) is 0 Å². The van der Waals surface area contributed by atoms with Crippen molar-refractivity contribution in [1.82, 2.24) is 9.88 Å². The Hall–Kier alpha value is -2.90. The Kier molecular flexibility index (Phi) is 5.85. The summed E-state index contributed by atoms with van der Waals surface area (Å²) in [4.78, 5) is 20.3. The van der Waals surface area contributed by atoms with E-state index in [9.17, 15) is 4.79 Å². The van der Waals surface area contributed by atoms with E-state index in [4.69, 9.17) is 10.5 Å². The third-order valence-electron chi connectivity index (χ3n) is 6.14. The molecule has 2 fully saturated rings. The largest absolute Gasteiger partial charge is 0.489 e. The SMILES string of the molecule is CCN1CCC(Oc2ccc(Nc3nc(N)c(C(=O)c4cccc(C5CC5)c4)s3)cc2)C1. The van der Waals surface area contributed by atoms with Crippen molar-refractivity contribution < 1.29 is 9.53 Å². The minimum Gasteiger partial charge on any atom is -0.489 e. The fourth-order valence-corrected chi connectivity index (χ4v) is 5.01. The maximum Gasteiger partial charge on any atom is 0.206 e. The van der Waals surface area contributed by atoms with Crippen molar-refractivity contribution in [3.8, 4) is 5.75 Å². The van der Waals surface area contributed by atoms with Gasteiger partial charge in [-0.2, -0.15) is 0 Å². The lowest BCUT2D eigenvalue weighted by molar-refractivity contribution is 0.104. The maximum absolute atomic E-state index is 13.0. The quantitative estimate of drug-likeness (QED) is 0.470. The van der Waals surface area contributed by atoms with E-state index in [1.165, 1.54) is 29.7 Å². The lowest BCUT2D eigenvalue weighted by atomic mass is 10.0. The second-order valence-corrected chi connectivity index (χ2v) is 9.53. The molecule has 1 aromatic heterocycles.